The van der Waals surface area contributed by atoms with Crippen molar-refractivity contribution in [3.05, 3.63) is 76.1 Å². The molecule has 0 aliphatic carbocycles. The minimum atomic E-state index is -0.920. The van der Waals surface area contributed by atoms with Gasteiger partial charge in [-0.15, -0.1) is 0 Å². The van der Waals surface area contributed by atoms with Gasteiger partial charge in [0.1, 0.15) is 17.9 Å². The summed E-state index contributed by atoms with van der Waals surface area (Å²) in [5.41, 5.74) is 1.70. The van der Waals surface area contributed by atoms with Gasteiger partial charge in [-0.05, 0) is 30.3 Å². The topological polar surface area (TPSA) is 80.0 Å². The van der Waals surface area contributed by atoms with Gasteiger partial charge >= 0.3 is 11.6 Å². The van der Waals surface area contributed by atoms with Crippen LogP contribution in [0.15, 0.2) is 63.8 Å². The van der Waals surface area contributed by atoms with Crippen molar-refractivity contribution < 1.29 is 19.1 Å². The molecule has 0 saturated heterocycles. The van der Waals surface area contributed by atoms with Crippen LogP contribution in [-0.2, 0) is 17.9 Å². The molecule has 0 atom stereocenters. The SMILES string of the molecule is CN(CC(=O)O)Cc1cc(=O)oc2cc(OCc3ccccc3)ccc12. The summed E-state index contributed by atoms with van der Waals surface area (Å²) in [4.78, 5) is 24.3. The molecule has 2 aromatic carbocycles. The van der Waals surface area contributed by atoms with Crippen LogP contribution in [0.2, 0.25) is 0 Å². The van der Waals surface area contributed by atoms with Crippen molar-refractivity contribution in [2.45, 2.75) is 13.2 Å². The minimum absolute atomic E-state index is 0.111. The second-order valence-electron chi connectivity index (χ2n) is 6.09. The van der Waals surface area contributed by atoms with Crippen LogP contribution in [0.3, 0.4) is 0 Å². The highest BCUT2D eigenvalue weighted by Crippen LogP contribution is 2.24. The predicted molar refractivity (Wildman–Crippen MR) is 97.2 cm³/mol. The molecule has 6 nitrogen and oxygen atoms in total. The number of benzene rings is 2. The summed E-state index contributed by atoms with van der Waals surface area (Å²) in [7, 11) is 1.69. The number of hydrogen-bond donors (Lipinski definition) is 1. The average Bonchev–Trinajstić information content (AvgIpc) is 2.59. The van der Waals surface area contributed by atoms with Crippen molar-refractivity contribution in [1.29, 1.82) is 0 Å². The number of carboxylic acid groups (broad SMARTS) is 1. The fourth-order valence-electron chi connectivity index (χ4n) is 2.75. The zero-order chi connectivity index (χ0) is 18.5. The van der Waals surface area contributed by atoms with Crippen LogP contribution in [0.1, 0.15) is 11.1 Å². The van der Waals surface area contributed by atoms with E-state index in [1.807, 2.05) is 42.5 Å². The molecule has 3 rings (SSSR count). The third-order valence-electron chi connectivity index (χ3n) is 3.90. The zero-order valence-corrected chi connectivity index (χ0v) is 14.3. The smallest absolute Gasteiger partial charge is 0.336 e. The van der Waals surface area contributed by atoms with Crippen LogP contribution in [0.4, 0.5) is 0 Å². The quantitative estimate of drug-likeness (QED) is 0.658. The second kappa shape index (κ2) is 7.84. The van der Waals surface area contributed by atoms with Crippen LogP contribution < -0.4 is 10.4 Å². The monoisotopic (exact) mass is 353 g/mol. The van der Waals surface area contributed by atoms with E-state index in [4.69, 9.17) is 14.3 Å². The third kappa shape index (κ3) is 4.49. The summed E-state index contributed by atoms with van der Waals surface area (Å²) in [5.74, 6) is -0.322. The molecule has 0 bridgehead atoms. The molecule has 0 spiro atoms. The Bertz CT molecular complexity index is 965. The summed E-state index contributed by atoms with van der Waals surface area (Å²) in [6.07, 6.45) is 0. The van der Waals surface area contributed by atoms with Crippen LogP contribution >= 0.6 is 0 Å². The first-order valence-electron chi connectivity index (χ1n) is 8.15. The predicted octanol–water partition coefficient (Wildman–Crippen LogP) is 2.89. The number of aliphatic carboxylic acids is 1. The standard InChI is InChI=1S/C20H19NO5/c1-21(12-19(22)23)11-15-9-20(24)26-18-10-16(7-8-17(15)18)25-13-14-5-3-2-4-6-14/h2-10H,11-13H2,1H3,(H,22,23). The highest BCUT2D eigenvalue weighted by Gasteiger charge is 2.11. The first-order chi connectivity index (χ1) is 12.5. The van der Waals surface area contributed by atoms with Gasteiger partial charge in [-0.25, -0.2) is 4.79 Å². The van der Waals surface area contributed by atoms with Crippen LogP contribution in [-0.4, -0.2) is 29.6 Å². The maximum absolute atomic E-state index is 11.9. The second-order valence-corrected chi connectivity index (χ2v) is 6.09. The van der Waals surface area contributed by atoms with Gasteiger partial charge in [0.25, 0.3) is 0 Å². The Morgan fingerprint density at radius 1 is 1.15 bits per heavy atom. The highest BCUT2D eigenvalue weighted by atomic mass is 16.5. The van der Waals surface area contributed by atoms with Gasteiger partial charge in [-0.3, -0.25) is 9.69 Å². The fourth-order valence-corrected chi connectivity index (χ4v) is 2.75. The van der Waals surface area contributed by atoms with E-state index in [2.05, 4.69) is 0 Å². The Morgan fingerprint density at radius 3 is 2.65 bits per heavy atom. The van der Waals surface area contributed by atoms with E-state index >= 15 is 0 Å². The molecule has 1 N–H and O–H groups in total. The number of carbonyl (C=O) groups is 1. The maximum atomic E-state index is 11.9. The Labute approximate surface area is 150 Å². The van der Waals surface area contributed by atoms with E-state index in [1.165, 1.54) is 6.07 Å². The zero-order valence-electron chi connectivity index (χ0n) is 14.3. The van der Waals surface area contributed by atoms with Crippen LogP contribution in [0, 0.1) is 0 Å². The molecule has 3 aromatic rings. The van der Waals surface area contributed by atoms with Gasteiger partial charge in [0, 0.05) is 24.1 Å². The number of carboxylic acids is 1. The lowest BCUT2D eigenvalue weighted by Gasteiger charge is -2.15. The van der Waals surface area contributed by atoms with Crippen molar-refractivity contribution in [3.63, 3.8) is 0 Å². The Balaban J connectivity index is 1.83. The summed E-state index contributed by atoms with van der Waals surface area (Å²) in [6, 6.07) is 16.5. The molecule has 0 radical (unpaired) electrons. The van der Waals surface area contributed by atoms with Gasteiger partial charge in [0.2, 0.25) is 0 Å². The van der Waals surface area contributed by atoms with Crippen molar-refractivity contribution in [3.8, 4) is 5.75 Å². The molecule has 0 amide bonds. The summed E-state index contributed by atoms with van der Waals surface area (Å²) >= 11 is 0. The lowest BCUT2D eigenvalue weighted by molar-refractivity contribution is -0.138. The number of fused-ring (bicyclic) bond motifs is 1. The van der Waals surface area contributed by atoms with Gasteiger partial charge in [-0.2, -0.15) is 0 Å². The van der Waals surface area contributed by atoms with Crippen LogP contribution in [0.5, 0.6) is 5.75 Å². The summed E-state index contributed by atoms with van der Waals surface area (Å²) < 4.78 is 11.1. The molecule has 1 heterocycles. The molecule has 1 aromatic heterocycles. The summed E-state index contributed by atoms with van der Waals surface area (Å²) in [6.45, 7) is 0.635. The van der Waals surface area contributed by atoms with Gasteiger partial charge < -0.3 is 14.3 Å². The van der Waals surface area contributed by atoms with E-state index in [-0.39, 0.29) is 6.54 Å². The minimum Gasteiger partial charge on any atom is -0.489 e. The Morgan fingerprint density at radius 2 is 1.92 bits per heavy atom. The molecule has 0 fully saturated rings. The Hall–Kier alpha value is -3.12. The van der Waals surface area contributed by atoms with Crippen molar-refractivity contribution in [2.24, 2.45) is 0 Å². The first kappa shape index (κ1) is 17.7. The van der Waals surface area contributed by atoms with Gasteiger partial charge in [-0.1, -0.05) is 30.3 Å². The first-order valence-corrected chi connectivity index (χ1v) is 8.15. The molecular formula is C20H19NO5. The number of ether oxygens (including phenoxy) is 1. The van der Waals surface area contributed by atoms with E-state index < -0.39 is 11.6 Å². The molecule has 0 saturated carbocycles. The molecule has 26 heavy (non-hydrogen) atoms. The molecule has 0 aliphatic heterocycles. The normalized spacial score (nSPS) is 11.0. The fraction of sp³-hybridized carbons (Fsp3) is 0.200. The highest BCUT2D eigenvalue weighted by molar-refractivity contribution is 5.81. The van der Waals surface area contributed by atoms with E-state index in [1.54, 1.807) is 18.0 Å². The number of rotatable bonds is 7. The number of nitrogens with zero attached hydrogens (tertiary/aromatic N) is 1. The number of hydrogen-bond acceptors (Lipinski definition) is 5. The summed E-state index contributed by atoms with van der Waals surface area (Å²) in [5, 5.41) is 9.64. The molecule has 0 unspecified atom stereocenters. The van der Waals surface area contributed by atoms with E-state index in [0.29, 0.717) is 24.5 Å². The molecule has 0 aliphatic rings. The van der Waals surface area contributed by atoms with Crippen molar-refractivity contribution in [1.82, 2.24) is 4.90 Å². The van der Waals surface area contributed by atoms with E-state index in [0.717, 1.165) is 16.5 Å². The van der Waals surface area contributed by atoms with Crippen LogP contribution in [0.25, 0.3) is 11.0 Å². The largest absolute Gasteiger partial charge is 0.489 e. The lowest BCUT2D eigenvalue weighted by atomic mass is 10.1. The average molecular weight is 353 g/mol. The van der Waals surface area contributed by atoms with Crippen molar-refractivity contribution >= 4 is 16.9 Å². The lowest BCUT2D eigenvalue weighted by Crippen LogP contribution is -2.25. The van der Waals surface area contributed by atoms with Gasteiger partial charge in [0.05, 0.1) is 6.54 Å². The van der Waals surface area contributed by atoms with E-state index in [9.17, 15) is 9.59 Å². The molecule has 134 valence electrons. The van der Waals surface area contributed by atoms with Crippen molar-refractivity contribution in [2.75, 3.05) is 13.6 Å². The molecular weight excluding hydrogens is 334 g/mol. The van der Waals surface area contributed by atoms with Gasteiger partial charge in [0.15, 0.2) is 0 Å². The number of likely N-dealkylation sites (N-methyl/N-ethyl adjacent to an activating group) is 1. The third-order valence-corrected chi connectivity index (χ3v) is 3.90. The molecule has 6 heteroatoms. The Kier molecular flexibility index (Phi) is 5.34. The maximum Gasteiger partial charge on any atom is 0.336 e.